The second kappa shape index (κ2) is 7.13. The third-order valence-electron chi connectivity index (χ3n) is 2.04. The first-order chi connectivity index (χ1) is 8.58. The molecule has 0 fully saturated rings. The molecule has 1 N–H and O–H groups in total. The van der Waals surface area contributed by atoms with Gasteiger partial charge in [-0.05, 0) is 26.8 Å². The van der Waals surface area contributed by atoms with E-state index in [9.17, 15) is 9.59 Å². The third-order valence-corrected chi connectivity index (χ3v) is 3.01. The Bertz CT molecular complexity index is 428. The quantitative estimate of drug-likeness (QED) is 0.806. The number of anilines is 1. The van der Waals surface area contributed by atoms with E-state index in [1.54, 1.807) is 13.0 Å². The first-order valence-corrected chi connectivity index (χ1v) is 6.55. The van der Waals surface area contributed by atoms with Gasteiger partial charge < -0.3 is 14.8 Å². The van der Waals surface area contributed by atoms with Crippen LogP contribution >= 0.6 is 11.3 Å². The number of aryl methyl sites for hydroxylation is 1. The monoisotopic (exact) mass is 271 g/mol. The minimum atomic E-state index is -0.423. The molecule has 0 unspecified atom stereocenters. The Labute approximate surface area is 110 Å². The summed E-state index contributed by atoms with van der Waals surface area (Å²) in [6.45, 7) is 6.18. The summed E-state index contributed by atoms with van der Waals surface area (Å²) in [6, 6.07) is 1.71. The maximum atomic E-state index is 11.7. The summed E-state index contributed by atoms with van der Waals surface area (Å²) in [6.07, 6.45) is 0. The van der Waals surface area contributed by atoms with Crippen molar-refractivity contribution in [1.82, 2.24) is 0 Å². The zero-order valence-corrected chi connectivity index (χ0v) is 11.6. The van der Waals surface area contributed by atoms with E-state index in [1.807, 2.05) is 13.8 Å². The number of esters is 1. The lowest BCUT2D eigenvalue weighted by atomic mass is 10.3. The predicted molar refractivity (Wildman–Crippen MR) is 70.1 cm³/mol. The van der Waals surface area contributed by atoms with E-state index < -0.39 is 5.97 Å². The van der Waals surface area contributed by atoms with Crippen LogP contribution in [0, 0.1) is 6.92 Å². The van der Waals surface area contributed by atoms with Crippen LogP contribution in [0.15, 0.2) is 6.07 Å². The number of nitrogens with one attached hydrogen (secondary N) is 1. The number of rotatable bonds is 6. The van der Waals surface area contributed by atoms with Crippen LogP contribution in [0.1, 0.15) is 29.1 Å². The minimum absolute atomic E-state index is 0.0181. The summed E-state index contributed by atoms with van der Waals surface area (Å²) in [5.41, 5.74) is 0.393. The molecule has 0 radical (unpaired) electrons. The molecular formula is C12H17NO4S. The standard InChI is InChI=1S/C12H17NO4S/c1-4-16-7-10(14)13-11-9(6-8(3)18-11)12(15)17-5-2/h6H,4-5,7H2,1-3H3,(H,13,14). The summed E-state index contributed by atoms with van der Waals surface area (Å²) < 4.78 is 9.93. The molecule has 5 nitrogen and oxygen atoms in total. The number of hydrogen-bond acceptors (Lipinski definition) is 5. The maximum Gasteiger partial charge on any atom is 0.341 e. The number of ether oxygens (including phenoxy) is 2. The SMILES string of the molecule is CCOCC(=O)Nc1sc(C)cc1C(=O)OCC. The van der Waals surface area contributed by atoms with E-state index in [0.29, 0.717) is 23.8 Å². The van der Waals surface area contributed by atoms with E-state index in [1.165, 1.54) is 11.3 Å². The number of carbonyl (C=O) groups excluding carboxylic acids is 2. The van der Waals surface area contributed by atoms with Crippen LogP contribution in [-0.4, -0.2) is 31.7 Å². The van der Waals surface area contributed by atoms with Gasteiger partial charge in [0.05, 0.1) is 12.2 Å². The van der Waals surface area contributed by atoms with Crippen molar-refractivity contribution in [2.24, 2.45) is 0 Å². The first-order valence-electron chi connectivity index (χ1n) is 5.73. The third kappa shape index (κ3) is 4.12. The van der Waals surface area contributed by atoms with Crippen molar-refractivity contribution in [3.8, 4) is 0 Å². The van der Waals surface area contributed by atoms with Gasteiger partial charge in [-0.15, -0.1) is 11.3 Å². The Morgan fingerprint density at radius 3 is 2.67 bits per heavy atom. The Balaban J connectivity index is 2.75. The number of amides is 1. The molecule has 0 bridgehead atoms. The van der Waals surface area contributed by atoms with Gasteiger partial charge >= 0.3 is 5.97 Å². The molecule has 1 aromatic heterocycles. The van der Waals surface area contributed by atoms with Gasteiger partial charge in [0, 0.05) is 11.5 Å². The maximum absolute atomic E-state index is 11.7. The van der Waals surface area contributed by atoms with Gasteiger partial charge in [-0.25, -0.2) is 4.79 Å². The molecule has 100 valence electrons. The first kappa shape index (κ1) is 14.7. The minimum Gasteiger partial charge on any atom is -0.462 e. The van der Waals surface area contributed by atoms with Crippen molar-refractivity contribution in [1.29, 1.82) is 0 Å². The molecule has 18 heavy (non-hydrogen) atoms. The summed E-state index contributed by atoms with van der Waals surface area (Å²) in [5, 5.41) is 3.17. The van der Waals surface area contributed by atoms with Crippen LogP contribution in [0.3, 0.4) is 0 Å². The van der Waals surface area contributed by atoms with Gasteiger partial charge in [0.15, 0.2) is 0 Å². The Morgan fingerprint density at radius 1 is 1.33 bits per heavy atom. The van der Waals surface area contributed by atoms with E-state index in [-0.39, 0.29) is 12.5 Å². The molecule has 6 heteroatoms. The predicted octanol–water partition coefficient (Wildman–Crippen LogP) is 2.21. The highest BCUT2D eigenvalue weighted by Gasteiger charge is 2.17. The Morgan fingerprint density at radius 2 is 2.06 bits per heavy atom. The molecule has 1 heterocycles. The van der Waals surface area contributed by atoms with E-state index in [2.05, 4.69) is 5.32 Å². The van der Waals surface area contributed by atoms with Crippen LogP contribution in [0.25, 0.3) is 0 Å². The van der Waals surface area contributed by atoms with Crippen LogP contribution in [0.5, 0.6) is 0 Å². The van der Waals surface area contributed by atoms with Gasteiger partial charge in [-0.2, -0.15) is 0 Å². The molecule has 1 rings (SSSR count). The number of carbonyl (C=O) groups is 2. The second-order valence-corrected chi connectivity index (χ2v) is 4.76. The van der Waals surface area contributed by atoms with Gasteiger partial charge in [-0.1, -0.05) is 0 Å². The average Bonchev–Trinajstić information content (AvgIpc) is 2.68. The summed E-state index contributed by atoms with van der Waals surface area (Å²) in [7, 11) is 0. The molecule has 1 amide bonds. The van der Waals surface area contributed by atoms with Crippen molar-refractivity contribution >= 4 is 28.2 Å². The van der Waals surface area contributed by atoms with E-state index in [0.717, 1.165) is 4.88 Å². The van der Waals surface area contributed by atoms with Crippen LogP contribution < -0.4 is 5.32 Å². The zero-order valence-electron chi connectivity index (χ0n) is 10.7. The second-order valence-electron chi connectivity index (χ2n) is 3.51. The molecular weight excluding hydrogens is 254 g/mol. The van der Waals surface area contributed by atoms with E-state index >= 15 is 0 Å². The molecule has 0 saturated heterocycles. The molecule has 0 atom stereocenters. The van der Waals surface area contributed by atoms with Crippen molar-refractivity contribution in [2.45, 2.75) is 20.8 Å². The number of hydrogen-bond donors (Lipinski definition) is 1. The average molecular weight is 271 g/mol. The largest absolute Gasteiger partial charge is 0.462 e. The highest BCUT2D eigenvalue weighted by molar-refractivity contribution is 7.16. The highest BCUT2D eigenvalue weighted by atomic mass is 32.1. The van der Waals surface area contributed by atoms with Crippen LogP contribution in [0.4, 0.5) is 5.00 Å². The fourth-order valence-corrected chi connectivity index (χ4v) is 2.24. The zero-order chi connectivity index (χ0) is 13.5. The molecule has 0 aliphatic carbocycles. The van der Waals surface area contributed by atoms with Crippen molar-refractivity contribution in [3.63, 3.8) is 0 Å². The molecule has 0 saturated carbocycles. The smallest absolute Gasteiger partial charge is 0.341 e. The topological polar surface area (TPSA) is 64.6 Å². The van der Waals surface area contributed by atoms with Crippen LogP contribution in [-0.2, 0) is 14.3 Å². The summed E-state index contributed by atoms with van der Waals surface area (Å²) in [4.78, 5) is 24.1. The van der Waals surface area contributed by atoms with Gasteiger partial charge in [0.25, 0.3) is 5.91 Å². The van der Waals surface area contributed by atoms with Crippen molar-refractivity contribution < 1.29 is 19.1 Å². The summed E-state index contributed by atoms with van der Waals surface area (Å²) >= 11 is 1.34. The molecule has 0 aliphatic heterocycles. The van der Waals surface area contributed by atoms with Gasteiger partial charge in [0.1, 0.15) is 11.6 Å². The fraction of sp³-hybridized carbons (Fsp3) is 0.500. The van der Waals surface area contributed by atoms with E-state index in [4.69, 9.17) is 9.47 Å². The lowest BCUT2D eigenvalue weighted by molar-refractivity contribution is -0.120. The lowest BCUT2D eigenvalue weighted by Gasteiger charge is -2.05. The Hall–Kier alpha value is -1.40. The normalized spacial score (nSPS) is 10.2. The molecule has 0 spiro atoms. The Kier molecular flexibility index (Phi) is 5.80. The van der Waals surface area contributed by atoms with Gasteiger partial charge in [-0.3, -0.25) is 4.79 Å². The molecule has 0 aromatic carbocycles. The molecule has 0 aliphatic rings. The lowest BCUT2D eigenvalue weighted by Crippen LogP contribution is -2.19. The fourth-order valence-electron chi connectivity index (χ4n) is 1.33. The van der Waals surface area contributed by atoms with Crippen LogP contribution in [0.2, 0.25) is 0 Å². The highest BCUT2D eigenvalue weighted by Crippen LogP contribution is 2.28. The van der Waals surface area contributed by atoms with Gasteiger partial charge in [0.2, 0.25) is 0 Å². The van der Waals surface area contributed by atoms with Crippen molar-refractivity contribution in [2.75, 3.05) is 25.1 Å². The number of thiophene rings is 1. The molecule has 1 aromatic rings. The van der Waals surface area contributed by atoms with Crippen molar-refractivity contribution in [3.05, 3.63) is 16.5 Å². The summed E-state index contributed by atoms with van der Waals surface area (Å²) in [5.74, 6) is -0.696.